The fourth-order valence-corrected chi connectivity index (χ4v) is 3.43. The summed E-state index contributed by atoms with van der Waals surface area (Å²) in [5, 5.41) is 3.65. The SMILES string of the molecule is O=C(Nc1cccc2[nH]ccc12)C(=O)N1CCC[C@H]1Cn1ccnc1. The number of benzene rings is 1. The molecule has 3 aromatic rings. The number of nitrogens with zero attached hydrogens (tertiary/aromatic N) is 3. The van der Waals surface area contributed by atoms with E-state index < -0.39 is 11.8 Å². The van der Waals surface area contributed by atoms with Crippen LogP contribution in [0, 0.1) is 0 Å². The second kappa shape index (κ2) is 6.43. The van der Waals surface area contributed by atoms with E-state index in [0.717, 1.165) is 23.7 Å². The van der Waals surface area contributed by atoms with Gasteiger partial charge in [-0.2, -0.15) is 0 Å². The molecular weight excluding hydrogens is 318 g/mol. The first kappa shape index (κ1) is 15.4. The normalized spacial score (nSPS) is 17.1. The smallest absolute Gasteiger partial charge is 0.313 e. The van der Waals surface area contributed by atoms with Crippen molar-refractivity contribution in [2.24, 2.45) is 0 Å². The number of nitrogens with one attached hydrogen (secondary N) is 2. The number of rotatable bonds is 3. The molecule has 128 valence electrons. The lowest BCUT2D eigenvalue weighted by atomic mass is 10.2. The van der Waals surface area contributed by atoms with E-state index in [-0.39, 0.29) is 6.04 Å². The number of aromatic nitrogens is 3. The average molecular weight is 337 g/mol. The van der Waals surface area contributed by atoms with Crippen molar-refractivity contribution in [3.05, 3.63) is 49.2 Å². The Morgan fingerprint density at radius 1 is 1.32 bits per heavy atom. The largest absolute Gasteiger partial charge is 0.361 e. The van der Waals surface area contributed by atoms with E-state index >= 15 is 0 Å². The highest BCUT2D eigenvalue weighted by atomic mass is 16.2. The predicted molar refractivity (Wildman–Crippen MR) is 93.9 cm³/mol. The summed E-state index contributed by atoms with van der Waals surface area (Å²) in [7, 11) is 0. The molecule has 1 fully saturated rings. The van der Waals surface area contributed by atoms with Crippen molar-refractivity contribution < 1.29 is 9.59 Å². The van der Waals surface area contributed by atoms with Crippen LogP contribution in [0.2, 0.25) is 0 Å². The monoisotopic (exact) mass is 337 g/mol. The fraction of sp³-hybridized carbons (Fsp3) is 0.278. The molecule has 0 aliphatic carbocycles. The van der Waals surface area contributed by atoms with Gasteiger partial charge in [0.15, 0.2) is 0 Å². The Balaban J connectivity index is 1.48. The lowest BCUT2D eigenvalue weighted by molar-refractivity contribution is -0.143. The van der Waals surface area contributed by atoms with Crippen LogP contribution in [0.3, 0.4) is 0 Å². The summed E-state index contributed by atoms with van der Waals surface area (Å²) >= 11 is 0. The quantitative estimate of drug-likeness (QED) is 0.717. The number of hydrogen-bond acceptors (Lipinski definition) is 3. The van der Waals surface area contributed by atoms with Gasteiger partial charge in [0, 0.05) is 42.6 Å². The van der Waals surface area contributed by atoms with E-state index in [1.54, 1.807) is 23.5 Å². The van der Waals surface area contributed by atoms with Crippen molar-refractivity contribution in [2.75, 3.05) is 11.9 Å². The van der Waals surface area contributed by atoms with Gasteiger partial charge in [0.25, 0.3) is 0 Å². The van der Waals surface area contributed by atoms with Crippen molar-refractivity contribution in [2.45, 2.75) is 25.4 Å². The Kier molecular flexibility index (Phi) is 3.97. The third-order valence-corrected chi connectivity index (χ3v) is 4.66. The number of aromatic amines is 1. The Morgan fingerprint density at radius 3 is 3.08 bits per heavy atom. The zero-order valence-corrected chi connectivity index (χ0v) is 13.7. The Hall–Kier alpha value is -3.09. The molecule has 2 amide bonds. The van der Waals surface area contributed by atoms with Gasteiger partial charge in [0.1, 0.15) is 0 Å². The molecule has 7 nitrogen and oxygen atoms in total. The number of imidazole rings is 1. The van der Waals surface area contributed by atoms with E-state index in [1.807, 2.05) is 35.2 Å². The van der Waals surface area contributed by atoms with E-state index in [1.165, 1.54) is 0 Å². The van der Waals surface area contributed by atoms with Crippen LogP contribution in [-0.2, 0) is 16.1 Å². The number of carbonyl (C=O) groups is 2. The highest BCUT2D eigenvalue weighted by molar-refractivity contribution is 6.40. The minimum Gasteiger partial charge on any atom is -0.361 e. The number of carbonyl (C=O) groups excluding carboxylic acids is 2. The van der Waals surface area contributed by atoms with Crippen LogP contribution in [-0.4, -0.2) is 43.8 Å². The standard InChI is InChI=1S/C18H19N5O2/c24-17(21-16-5-1-4-15-14(16)6-7-20-15)18(25)23-9-2-3-13(23)11-22-10-8-19-12-22/h1,4-8,10,12-13,20H,2-3,9,11H2,(H,21,24)/t13-/m0/s1. The predicted octanol–water partition coefficient (Wildman–Crippen LogP) is 1.99. The van der Waals surface area contributed by atoms with Crippen molar-refractivity contribution in [1.29, 1.82) is 0 Å². The molecule has 2 N–H and O–H groups in total. The third kappa shape index (κ3) is 3.00. The first-order valence-corrected chi connectivity index (χ1v) is 8.36. The molecule has 1 atom stereocenters. The molecule has 3 heterocycles. The molecule has 2 aromatic heterocycles. The number of likely N-dealkylation sites (tertiary alicyclic amines) is 1. The van der Waals surface area contributed by atoms with Gasteiger partial charge in [0.05, 0.1) is 18.1 Å². The van der Waals surface area contributed by atoms with Crippen LogP contribution in [0.25, 0.3) is 10.9 Å². The van der Waals surface area contributed by atoms with Gasteiger partial charge in [-0.3, -0.25) is 9.59 Å². The number of fused-ring (bicyclic) bond motifs is 1. The molecule has 1 aliphatic heterocycles. The Bertz CT molecular complexity index is 899. The van der Waals surface area contributed by atoms with Gasteiger partial charge in [0.2, 0.25) is 0 Å². The summed E-state index contributed by atoms with van der Waals surface area (Å²) in [5.74, 6) is -1.07. The van der Waals surface area contributed by atoms with Gasteiger partial charge >= 0.3 is 11.8 Å². The summed E-state index contributed by atoms with van der Waals surface area (Å²) in [4.78, 5) is 33.9. The highest BCUT2D eigenvalue weighted by Crippen LogP contribution is 2.23. The van der Waals surface area contributed by atoms with Crippen molar-refractivity contribution in [1.82, 2.24) is 19.4 Å². The van der Waals surface area contributed by atoms with Crippen LogP contribution in [0.4, 0.5) is 5.69 Å². The molecule has 1 aliphatic rings. The minimum absolute atomic E-state index is 0.0236. The van der Waals surface area contributed by atoms with Gasteiger partial charge in [-0.1, -0.05) is 6.07 Å². The van der Waals surface area contributed by atoms with E-state index in [2.05, 4.69) is 15.3 Å². The number of anilines is 1. The van der Waals surface area contributed by atoms with Gasteiger partial charge < -0.3 is 19.8 Å². The first-order chi connectivity index (χ1) is 12.2. The van der Waals surface area contributed by atoms with Crippen molar-refractivity contribution in [3.63, 3.8) is 0 Å². The first-order valence-electron chi connectivity index (χ1n) is 8.36. The Labute approximate surface area is 144 Å². The topological polar surface area (TPSA) is 83.0 Å². The molecule has 1 aromatic carbocycles. The molecule has 4 rings (SSSR count). The summed E-state index contributed by atoms with van der Waals surface area (Å²) < 4.78 is 1.94. The van der Waals surface area contributed by atoms with Crippen LogP contribution in [0.1, 0.15) is 12.8 Å². The van der Waals surface area contributed by atoms with Crippen LogP contribution in [0.15, 0.2) is 49.2 Å². The number of amides is 2. The molecule has 0 bridgehead atoms. The molecule has 0 unspecified atom stereocenters. The fourth-order valence-electron chi connectivity index (χ4n) is 3.43. The molecule has 0 radical (unpaired) electrons. The molecule has 0 spiro atoms. The van der Waals surface area contributed by atoms with E-state index in [4.69, 9.17) is 0 Å². The molecule has 25 heavy (non-hydrogen) atoms. The zero-order chi connectivity index (χ0) is 17.2. The maximum absolute atomic E-state index is 12.6. The molecule has 1 saturated heterocycles. The van der Waals surface area contributed by atoms with Crippen LogP contribution < -0.4 is 5.32 Å². The van der Waals surface area contributed by atoms with Crippen molar-refractivity contribution in [3.8, 4) is 0 Å². The summed E-state index contributed by atoms with van der Waals surface area (Å²) in [6, 6.07) is 7.47. The van der Waals surface area contributed by atoms with Crippen LogP contribution in [0.5, 0.6) is 0 Å². The highest BCUT2D eigenvalue weighted by Gasteiger charge is 2.32. The summed E-state index contributed by atoms with van der Waals surface area (Å²) in [6.07, 6.45) is 8.92. The maximum atomic E-state index is 12.6. The van der Waals surface area contributed by atoms with Crippen LogP contribution >= 0.6 is 0 Å². The molecular formula is C18H19N5O2. The van der Waals surface area contributed by atoms with Gasteiger partial charge in [-0.25, -0.2) is 4.98 Å². The lowest BCUT2D eigenvalue weighted by Crippen LogP contribution is -2.44. The Morgan fingerprint density at radius 2 is 2.24 bits per heavy atom. The van der Waals surface area contributed by atoms with Gasteiger partial charge in [-0.15, -0.1) is 0 Å². The second-order valence-corrected chi connectivity index (χ2v) is 6.25. The lowest BCUT2D eigenvalue weighted by Gasteiger charge is -2.24. The van der Waals surface area contributed by atoms with Gasteiger partial charge in [-0.05, 0) is 31.0 Å². The molecule has 0 saturated carbocycles. The second-order valence-electron chi connectivity index (χ2n) is 6.25. The maximum Gasteiger partial charge on any atom is 0.313 e. The van der Waals surface area contributed by atoms with E-state index in [9.17, 15) is 9.59 Å². The summed E-state index contributed by atoms with van der Waals surface area (Å²) in [6.45, 7) is 1.27. The van der Waals surface area contributed by atoms with E-state index in [0.29, 0.717) is 18.8 Å². The summed E-state index contributed by atoms with van der Waals surface area (Å²) in [5.41, 5.74) is 1.56. The third-order valence-electron chi connectivity index (χ3n) is 4.66. The molecule has 7 heteroatoms. The average Bonchev–Trinajstić information content (AvgIpc) is 3.36. The number of hydrogen-bond donors (Lipinski definition) is 2. The number of H-pyrrole nitrogens is 1. The zero-order valence-electron chi connectivity index (χ0n) is 13.7. The van der Waals surface area contributed by atoms with Crippen molar-refractivity contribution >= 4 is 28.4 Å². The minimum atomic E-state index is -0.591.